The SMILES string of the molecule is O=C([O-])CC(=O)N1CC[NH+](C2CCCCC2)CC1. The first-order chi connectivity index (χ1) is 8.66. The van der Waals surface area contributed by atoms with Gasteiger partial charge in [0.15, 0.2) is 0 Å². The molecular formula is C13H22N2O3. The van der Waals surface area contributed by atoms with E-state index in [1.54, 1.807) is 9.80 Å². The maximum Gasteiger partial charge on any atom is 0.228 e. The van der Waals surface area contributed by atoms with Gasteiger partial charge in [-0.2, -0.15) is 0 Å². The first kappa shape index (κ1) is 13.3. The first-order valence-corrected chi connectivity index (χ1v) is 6.99. The fourth-order valence-corrected chi connectivity index (χ4v) is 3.20. The number of aliphatic carboxylic acids is 1. The van der Waals surface area contributed by atoms with Crippen LogP contribution in [0.2, 0.25) is 0 Å². The standard InChI is InChI=1S/C13H22N2O3/c16-12(10-13(17)18)15-8-6-14(7-9-15)11-4-2-1-3-5-11/h11H,1-10H2,(H,17,18). The molecule has 0 radical (unpaired) electrons. The largest absolute Gasteiger partial charge is 0.550 e. The second kappa shape index (κ2) is 6.18. The van der Waals surface area contributed by atoms with Crippen molar-refractivity contribution in [2.24, 2.45) is 0 Å². The molecule has 0 aromatic heterocycles. The number of hydrogen-bond acceptors (Lipinski definition) is 3. The molecule has 0 aromatic carbocycles. The summed E-state index contributed by atoms with van der Waals surface area (Å²) < 4.78 is 0. The molecule has 18 heavy (non-hydrogen) atoms. The van der Waals surface area contributed by atoms with E-state index in [0.29, 0.717) is 13.1 Å². The predicted octanol–water partition coefficient (Wildman–Crippen LogP) is -1.81. The molecule has 1 saturated heterocycles. The van der Waals surface area contributed by atoms with E-state index in [0.717, 1.165) is 19.1 Å². The van der Waals surface area contributed by atoms with E-state index in [1.807, 2.05) is 0 Å². The van der Waals surface area contributed by atoms with Crippen LogP contribution in [0, 0.1) is 0 Å². The number of piperazine rings is 1. The van der Waals surface area contributed by atoms with E-state index in [-0.39, 0.29) is 5.91 Å². The Balaban J connectivity index is 1.76. The van der Waals surface area contributed by atoms with Gasteiger partial charge in [-0.15, -0.1) is 0 Å². The van der Waals surface area contributed by atoms with Crippen LogP contribution in [0.4, 0.5) is 0 Å². The summed E-state index contributed by atoms with van der Waals surface area (Å²) >= 11 is 0. The van der Waals surface area contributed by atoms with Crippen LogP contribution in [0.3, 0.4) is 0 Å². The summed E-state index contributed by atoms with van der Waals surface area (Å²) in [7, 11) is 0. The van der Waals surface area contributed by atoms with Gasteiger partial charge in [0.1, 0.15) is 0 Å². The minimum Gasteiger partial charge on any atom is -0.550 e. The highest BCUT2D eigenvalue weighted by Crippen LogP contribution is 2.15. The van der Waals surface area contributed by atoms with E-state index < -0.39 is 12.4 Å². The van der Waals surface area contributed by atoms with Gasteiger partial charge < -0.3 is 19.7 Å². The number of amides is 1. The summed E-state index contributed by atoms with van der Waals surface area (Å²) in [5.41, 5.74) is 0. The molecule has 2 fully saturated rings. The third-order valence-corrected chi connectivity index (χ3v) is 4.24. The van der Waals surface area contributed by atoms with Crippen LogP contribution in [-0.2, 0) is 9.59 Å². The molecule has 2 rings (SSSR count). The normalized spacial score (nSPS) is 23.0. The topological polar surface area (TPSA) is 64.9 Å². The first-order valence-electron chi connectivity index (χ1n) is 6.99. The number of nitrogens with one attached hydrogen (secondary N) is 1. The van der Waals surface area contributed by atoms with Crippen molar-refractivity contribution in [3.05, 3.63) is 0 Å². The molecule has 0 spiro atoms. The molecule has 1 aliphatic carbocycles. The molecule has 1 saturated carbocycles. The zero-order valence-corrected chi connectivity index (χ0v) is 10.8. The van der Waals surface area contributed by atoms with Crippen molar-refractivity contribution in [1.82, 2.24) is 4.90 Å². The zero-order valence-electron chi connectivity index (χ0n) is 10.8. The molecule has 1 heterocycles. The second-order valence-electron chi connectivity index (χ2n) is 5.42. The molecule has 5 heteroatoms. The quantitative estimate of drug-likeness (QED) is 0.604. The Morgan fingerprint density at radius 3 is 2.28 bits per heavy atom. The van der Waals surface area contributed by atoms with Gasteiger partial charge in [0.25, 0.3) is 0 Å². The lowest BCUT2D eigenvalue weighted by molar-refractivity contribution is -0.930. The summed E-state index contributed by atoms with van der Waals surface area (Å²) in [6.45, 7) is 3.31. The number of carbonyl (C=O) groups is 2. The van der Waals surface area contributed by atoms with Gasteiger partial charge in [0.05, 0.1) is 44.6 Å². The van der Waals surface area contributed by atoms with Gasteiger partial charge >= 0.3 is 0 Å². The predicted molar refractivity (Wildman–Crippen MR) is 63.8 cm³/mol. The van der Waals surface area contributed by atoms with Gasteiger partial charge in [-0.25, -0.2) is 0 Å². The van der Waals surface area contributed by atoms with Gasteiger partial charge in [-0.05, 0) is 25.7 Å². The smallest absolute Gasteiger partial charge is 0.228 e. The molecule has 0 unspecified atom stereocenters. The Morgan fingerprint density at radius 2 is 1.72 bits per heavy atom. The molecule has 1 amide bonds. The van der Waals surface area contributed by atoms with Crippen LogP contribution >= 0.6 is 0 Å². The van der Waals surface area contributed by atoms with Crippen LogP contribution < -0.4 is 10.0 Å². The molecule has 1 aliphatic heterocycles. The Labute approximate surface area is 108 Å². The maximum atomic E-state index is 11.6. The average molecular weight is 254 g/mol. The highest BCUT2D eigenvalue weighted by Gasteiger charge is 2.29. The lowest BCUT2D eigenvalue weighted by Gasteiger charge is -2.38. The molecule has 0 bridgehead atoms. The lowest BCUT2D eigenvalue weighted by atomic mass is 9.94. The number of nitrogens with zero attached hydrogens (tertiary/aromatic N) is 1. The number of quaternary nitrogens is 1. The summed E-state index contributed by atoms with van der Waals surface area (Å²) in [5, 5.41) is 10.4. The van der Waals surface area contributed by atoms with E-state index in [9.17, 15) is 14.7 Å². The Bertz CT molecular complexity index is 305. The van der Waals surface area contributed by atoms with Crippen molar-refractivity contribution in [1.29, 1.82) is 0 Å². The molecule has 2 aliphatic rings. The van der Waals surface area contributed by atoms with Crippen molar-refractivity contribution in [3.8, 4) is 0 Å². The fraction of sp³-hybridized carbons (Fsp3) is 0.846. The van der Waals surface area contributed by atoms with Crippen LogP contribution in [0.1, 0.15) is 38.5 Å². The third kappa shape index (κ3) is 3.45. The fourth-order valence-electron chi connectivity index (χ4n) is 3.20. The summed E-state index contributed by atoms with van der Waals surface area (Å²) in [4.78, 5) is 25.3. The molecule has 1 N–H and O–H groups in total. The summed E-state index contributed by atoms with van der Waals surface area (Å²) in [6, 6.07) is 0.761. The van der Waals surface area contributed by atoms with Crippen LogP contribution in [0.5, 0.6) is 0 Å². The highest BCUT2D eigenvalue weighted by molar-refractivity contribution is 5.92. The van der Waals surface area contributed by atoms with Crippen LogP contribution in [0.25, 0.3) is 0 Å². The number of rotatable bonds is 3. The van der Waals surface area contributed by atoms with Crippen molar-refractivity contribution in [2.45, 2.75) is 44.6 Å². The molecule has 102 valence electrons. The van der Waals surface area contributed by atoms with Crippen molar-refractivity contribution in [3.63, 3.8) is 0 Å². The minimum absolute atomic E-state index is 0.294. The minimum atomic E-state index is -1.28. The second-order valence-corrected chi connectivity index (χ2v) is 5.42. The number of hydrogen-bond donors (Lipinski definition) is 1. The monoisotopic (exact) mass is 254 g/mol. The highest BCUT2D eigenvalue weighted by atomic mass is 16.4. The maximum absolute atomic E-state index is 11.6. The Kier molecular flexibility index (Phi) is 4.58. The van der Waals surface area contributed by atoms with Crippen molar-refractivity contribution >= 4 is 11.9 Å². The van der Waals surface area contributed by atoms with Gasteiger partial charge in [-0.3, -0.25) is 4.79 Å². The van der Waals surface area contributed by atoms with Crippen molar-refractivity contribution in [2.75, 3.05) is 26.2 Å². The molecule has 5 nitrogen and oxygen atoms in total. The Morgan fingerprint density at radius 1 is 1.11 bits per heavy atom. The molecular weight excluding hydrogens is 232 g/mol. The Hall–Kier alpha value is -1.10. The summed E-state index contributed by atoms with van der Waals surface area (Å²) in [5.74, 6) is -1.57. The van der Waals surface area contributed by atoms with Gasteiger partial charge in [-0.1, -0.05) is 6.42 Å². The van der Waals surface area contributed by atoms with E-state index in [4.69, 9.17) is 0 Å². The summed E-state index contributed by atoms with van der Waals surface area (Å²) in [6.07, 6.45) is 6.17. The van der Waals surface area contributed by atoms with Gasteiger partial charge in [0, 0.05) is 0 Å². The average Bonchev–Trinajstić information content (AvgIpc) is 2.39. The van der Waals surface area contributed by atoms with E-state index in [2.05, 4.69) is 0 Å². The third-order valence-electron chi connectivity index (χ3n) is 4.24. The lowest BCUT2D eigenvalue weighted by Crippen LogP contribution is -3.18. The number of carbonyl (C=O) groups excluding carboxylic acids is 2. The number of carboxylic acid groups (broad SMARTS) is 1. The van der Waals surface area contributed by atoms with E-state index in [1.165, 1.54) is 32.1 Å². The van der Waals surface area contributed by atoms with E-state index >= 15 is 0 Å². The molecule has 0 atom stereocenters. The van der Waals surface area contributed by atoms with Crippen LogP contribution in [0.15, 0.2) is 0 Å². The van der Waals surface area contributed by atoms with Gasteiger partial charge in [0.2, 0.25) is 5.91 Å². The van der Waals surface area contributed by atoms with Crippen LogP contribution in [-0.4, -0.2) is 49.0 Å². The van der Waals surface area contributed by atoms with Crippen molar-refractivity contribution < 1.29 is 19.6 Å². The molecule has 0 aromatic rings. The zero-order chi connectivity index (χ0) is 13.0. The number of carboxylic acids is 1.